The Morgan fingerprint density at radius 3 is 2.19 bits per heavy atom. The predicted octanol–water partition coefficient (Wildman–Crippen LogP) is -8.26. The molecule has 0 unspecified atom stereocenters. The zero-order valence-corrected chi connectivity index (χ0v) is 13.4. The molecule has 0 aromatic heterocycles. The van der Waals surface area contributed by atoms with Crippen molar-refractivity contribution < 1.29 is 57.0 Å². The van der Waals surface area contributed by atoms with Crippen molar-refractivity contribution in [2.45, 2.75) is 19.9 Å². The Labute approximate surface area is 127 Å². The average molecular weight is 459 g/mol. The number of aliphatic imine (C=N–C) groups is 4. The molecule has 0 radical (unpaired) electrons. The molecule has 94 valence electrons. The van der Waals surface area contributed by atoms with Gasteiger partial charge >= 0.3 is 0 Å². The van der Waals surface area contributed by atoms with Crippen LogP contribution >= 0.6 is 0 Å². The van der Waals surface area contributed by atoms with E-state index in [-0.39, 0.29) is 63.1 Å². The van der Waals surface area contributed by atoms with Crippen LogP contribution in [0.2, 0.25) is 0 Å². The Morgan fingerprint density at radius 1 is 1.19 bits per heavy atom. The predicted molar refractivity (Wildman–Crippen MR) is 50.8 cm³/mol. The van der Waals surface area contributed by atoms with Crippen LogP contribution in [0.15, 0.2) is 20.0 Å². The number of halogens is 3. The van der Waals surface area contributed by atoms with E-state index in [1.807, 2.05) is 13.8 Å². The molecule has 2 aliphatic heterocycles. The molecular formula is C8H10Cl3N4Os-3. The first-order valence-electron chi connectivity index (χ1n) is 3.97. The smallest absolute Gasteiger partial charge is 0.193 e. The van der Waals surface area contributed by atoms with Gasteiger partial charge in [-0.2, -0.15) is 0 Å². The Balaban J connectivity index is -0.000000422. The largest absolute Gasteiger partial charge is 1.00 e. The second-order valence-electron chi connectivity index (χ2n) is 2.86. The van der Waals surface area contributed by atoms with Crippen LogP contribution in [0.3, 0.4) is 0 Å². The normalized spacial score (nSPS) is 20.4. The standard InChI is InChI=1S/C8H10N4.3ClH.Os/c1-5-6(2)12-8(11-5)7-9-3-4-10-7;;;;/h3,5H,4H2,1-2H3;3*1H;/p-3/t5-;;;;/m1..../s1. The monoisotopic (exact) mass is 459 g/mol. The molecule has 0 saturated heterocycles. The molecule has 2 heterocycles. The van der Waals surface area contributed by atoms with E-state index >= 15 is 0 Å². The van der Waals surface area contributed by atoms with Crippen molar-refractivity contribution in [2.24, 2.45) is 20.0 Å². The van der Waals surface area contributed by atoms with Crippen molar-refractivity contribution in [1.29, 1.82) is 0 Å². The molecule has 0 spiro atoms. The van der Waals surface area contributed by atoms with Crippen molar-refractivity contribution in [3.8, 4) is 0 Å². The summed E-state index contributed by atoms with van der Waals surface area (Å²) in [6, 6.07) is 0.193. The molecular weight excluding hydrogens is 449 g/mol. The first-order chi connectivity index (χ1) is 5.77. The van der Waals surface area contributed by atoms with E-state index in [0.29, 0.717) is 18.2 Å². The SMILES string of the molecule is CC1=NC(C2=NCC=N2)=N[C@@H]1C.[Cl-].[Cl-].[Cl-].[Os]. The van der Waals surface area contributed by atoms with Crippen LogP contribution in [0.4, 0.5) is 0 Å². The second kappa shape index (κ2) is 9.24. The summed E-state index contributed by atoms with van der Waals surface area (Å²) < 4.78 is 0. The van der Waals surface area contributed by atoms with E-state index in [4.69, 9.17) is 0 Å². The van der Waals surface area contributed by atoms with E-state index in [1.165, 1.54) is 0 Å². The van der Waals surface area contributed by atoms with E-state index in [9.17, 15) is 0 Å². The maximum absolute atomic E-state index is 4.32. The Morgan fingerprint density at radius 2 is 1.81 bits per heavy atom. The number of amidine groups is 2. The third-order valence-corrected chi connectivity index (χ3v) is 1.94. The topological polar surface area (TPSA) is 49.4 Å². The molecule has 0 N–H and O–H groups in total. The summed E-state index contributed by atoms with van der Waals surface area (Å²) in [5.41, 5.74) is 1.04. The molecule has 0 saturated carbocycles. The van der Waals surface area contributed by atoms with Crippen LogP contribution in [-0.4, -0.2) is 36.2 Å². The van der Waals surface area contributed by atoms with E-state index in [1.54, 1.807) is 6.21 Å². The van der Waals surface area contributed by atoms with E-state index in [2.05, 4.69) is 20.0 Å². The van der Waals surface area contributed by atoms with Crippen molar-refractivity contribution in [3.63, 3.8) is 0 Å². The minimum absolute atomic E-state index is 0. The van der Waals surface area contributed by atoms with Crippen molar-refractivity contribution >= 4 is 23.6 Å². The molecule has 0 amide bonds. The molecule has 0 aliphatic carbocycles. The van der Waals surface area contributed by atoms with Crippen LogP contribution < -0.4 is 37.2 Å². The van der Waals surface area contributed by atoms with Gasteiger partial charge in [-0.15, -0.1) is 0 Å². The van der Waals surface area contributed by atoms with Gasteiger partial charge in [0.2, 0.25) is 0 Å². The summed E-state index contributed by atoms with van der Waals surface area (Å²) in [6.07, 6.45) is 1.77. The molecule has 8 heteroatoms. The fourth-order valence-corrected chi connectivity index (χ4v) is 1.10. The summed E-state index contributed by atoms with van der Waals surface area (Å²) >= 11 is 0. The van der Waals surface area contributed by atoms with Crippen LogP contribution in [0, 0.1) is 0 Å². The first-order valence-corrected chi connectivity index (χ1v) is 3.97. The van der Waals surface area contributed by atoms with Gasteiger partial charge in [0, 0.05) is 31.7 Å². The first kappa shape index (κ1) is 21.5. The number of hydrogen-bond acceptors (Lipinski definition) is 4. The van der Waals surface area contributed by atoms with Gasteiger partial charge in [0.15, 0.2) is 11.7 Å². The van der Waals surface area contributed by atoms with Gasteiger partial charge < -0.3 is 37.2 Å². The summed E-state index contributed by atoms with van der Waals surface area (Å²) in [5, 5.41) is 0. The maximum atomic E-state index is 4.32. The zero-order chi connectivity index (χ0) is 8.55. The fraction of sp³-hybridized carbons (Fsp3) is 0.500. The molecule has 16 heavy (non-hydrogen) atoms. The fourth-order valence-electron chi connectivity index (χ4n) is 1.10. The molecule has 2 rings (SSSR count). The van der Waals surface area contributed by atoms with Gasteiger partial charge in [0.1, 0.15) is 0 Å². The Hall–Kier alpha value is 0.186. The maximum Gasteiger partial charge on any atom is 0.193 e. The third-order valence-electron chi connectivity index (χ3n) is 1.94. The molecule has 0 aromatic rings. The minimum atomic E-state index is 0. The summed E-state index contributed by atoms with van der Waals surface area (Å²) in [5.74, 6) is 1.37. The van der Waals surface area contributed by atoms with Crippen LogP contribution in [0.1, 0.15) is 13.8 Å². The number of nitrogens with zero attached hydrogens (tertiary/aromatic N) is 4. The minimum Gasteiger partial charge on any atom is -1.00 e. The molecule has 4 nitrogen and oxygen atoms in total. The van der Waals surface area contributed by atoms with Gasteiger partial charge in [-0.25, -0.2) is 9.98 Å². The molecule has 0 fully saturated rings. The van der Waals surface area contributed by atoms with Gasteiger partial charge in [0.05, 0.1) is 12.6 Å². The van der Waals surface area contributed by atoms with Crippen LogP contribution in [0.25, 0.3) is 0 Å². The van der Waals surface area contributed by atoms with Gasteiger partial charge in [0.25, 0.3) is 0 Å². The van der Waals surface area contributed by atoms with Gasteiger partial charge in [-0.05, 0) is 13.8 Å². The molecule has 1 atom stereocenters. The quantitative estimate of drug-likeness (QED) is 0.375. The van der Waals surface area contributed by atoms with E-state index < -0.39 is 0 Å². The molecule has 0 bridgehead atoms. The van der Waals surface area contributed by atoms with Gasteiger partial charge in [-0.3, -0.25) is 9.98 Å². The summed E-state index contributed by atoms with van der Waals surface area (Å²) in [4.78, 5) is 16.8. The zero-order valence-electron chi connectivity index (χ0n) is 8.64. The van der Waals surface area contributed by atoms with Crippen molar-refractivity contribution in [1.82, 2.24) is 0 Å². The third kappa shape index (κ3) is 4.59. The van der Waals surface area contributed by atoms with Crippen LogP contribution in [-0.2, 0) is 19.8 Å². The second-order valence-corrected chi connectivity index (χ2v) is 2.86. The molecule has 2 aliphatic rings. The summed E-state index contributed by atoms with van der Waals surface area (Å²) in [6.45, 7) is 4.66. The van der Waals surface area contributed by atoms with Crippen molar-refractivity contribution in [2.75, 3.05) is 6.54 Å². The average Bonchev–Trinajstić information content (AvgIpc) is 2.61. The van der Waals surface area contributed by atoms with E-state index in [0.717, 1.165) is 5.71 Å². The Kier molecular flexibility index (Phi) is 12.4. The van der Waals surface area contributed by atoms with Crippen LogP contribution in [0.5, 0.6) is 0 Å². The Bertz CT molecular complexity index is 338. The van der Waals surface area contributed by atoms with Gasteiger partial charge in [-0.1, -0.05) is 0 Å². The molecule has 0 aromatic carbocycles. The summed E-state index contributed by atoms with van der Waals surface area (Å²) in [7, 11) is 0. The number of hydrogen-bond donors (Lipinski definition) is 0. The number of rotatable bonds is 1. The van der Waals surface area contributed by atoms with Crippen molar-refractivity contribution in [3.05, 3.63) is 0 Å².